The van der Waals surface area contributed by atoms with Crippen molar-refractivity contribution in [2.45, 2.75) is 13.8 Å². The van der Waals surface area contributed by atoms with Gasteiger partial charge in [-0.15, -0.1) is 0 Å². The number of para-hydroxylation sites is 1. The SMILES string of the molecule is Cc1ccc(-c2ccc3c(n2)[nH]c2ccccc23)c(C)c1. The number of nitrogens with zero attached hydrogens (tertiary/aromatic N) is 1. The summed E-state index contributed by atoms with van der Waals surface area (Å²) in [6.45, 7) is 4.25. The Morgan fingerprint density at radius 2 is 1.71 bits per heavy atom. The van der Waals surface area contributed by atoms with E-state index in [0.29, 0.717) is 0 Å². The highest BCUT2D eigenvalue weighted by Crippen LogP contribution is 2.28. The lowest BCUT2D eigenvalue weighted by molar-refractivity contribution is 1.31. The highest BCUT2D eigenvalue weighted by atomic mass is 14.9. The summed E-state index contributed by atoms with van der Waals surface area (Å²) < 4.78 is 0. The van der Waals surface area contributed by atoms with Gasteiger partial charge in [-0.3, -0.25) is 0 Å². The van der Waals surface area contributed by atoms with Crippen LogP contribution in [0.3, 0.4) is 0 Å². The van der Waals surface area contributed by atoms with Crippen LogP contribution in [0.1, 0.15) is 11.1 Å². The largest absolute Gasteiger partial charge is 0.339 e. The Balaban J connectivity index is 1.96. The molecule has 0 atom stereocenters. The molecular formula is C19H16N2. The molecule has 4 aromatic rings. The topological polar surface area (TPSA) is 28.7 Å². The smallest absolute Gasteiger partial charge is 0.139 e. The summed E-state index contributed by atoms with van der Waals surface area (Å²) in [5, 5.41) is 2.41. The van der Waals surface area contributed by atoms with Crippen LogP contribution in [0.2, 0.25) is 0 Å². The van der Waals surface area contributed by atoms with Crippen LogP contribution in [-0.4, -0.2) is 9.97 Å². The molecule has 2 aromatic carbocycles. The first-order chi connectivity index (χ1) is 10.2. The third kappa shape index (κ3) is 1.91. The number of aromatic amines is 1. The molecule has 0 aliphatic rings. The highest BCUT2D eigenvalue weighted by molar-refractivity contribution is 6.06. The fourth-order valence-electron chi connectivity index (χ4n) is 2.98. The summed E-state index contributed by atoms with van der Waals surface area (Å²) in [6, 6.07) is 19.1. The van der Waals surface area contributed by atoms with E-state index in [-0.39, 0.29) is 0 Å². The molecule has 1 N–H and O–H groups in total. The van der Waals surface area contributed by atoms with Gasteiger partial charge in [-0.2, -0.15) is 0 Å². The normalized spacial score (nSPS) is 11.3. The number of H-pyrrole nitrogens is 1. The predicted molar refractivity (Wildman–Crippen MR) is 88.5 cm³/mol. The molecule has 21 heavy (non-hydrogen) atoms. The summed E-state index contributed by atoms with van der Waals surface area (Å²) in [5.41, 5.74) is 6.85. The molecule has 0 saturated heterocycles. The van der Waals surface area contributed by atoms with Crippen molar-refractivity contribution < 1.29 is 0 Å². The van der Waals surface area contributed by atoms with Gasteiger partial charge in [0.25, 0.3) is 0 Å². The minimum absolute atomic E-state index is 0.952. The van der Waals surface area contributed by atoms with Crippen molar-refractivity contribution in [3.05, 3.63) is 65.7 Å². The summed E-state index contributed by atoms with van der Waals surface area (Å²) in [5.74, 6) is 0. The number of hydrogen-bond donors (Lipinski definition) is 1. The Bertz CT molecular complexity index is 964. The summed E-state index contributed by atoms with van der Waals surface area (Å²) in [4.78, 5) is 8.23. The maximum Gasteiger partial charge on any atom is 0.139 e. The third-order valence-electron chi connectivity index (χ3n) is 4.02. The maximum absolute atomic E-state index is 4.82. The molecule has 0 radical (unpaired) electrons. The van der Waals surface area contributed by atoms with E-state index in [1.807, 2.05) is 6.07 Å². The zero-order valence-corrected chi connectivity index (χ0v) is 12.1. The molecule has 0 aliphatic heterocycles. The average Bonchev–Trinajstić information content (AvgIpc) is 2.84. The summed E-state index contributed by atoms with van der Waals surface area (Å²) in [6.07, 6.45) is 0. The Morgan fingerprint density at radius 1 is 0.857 bits per heavy atom. The van der Waals surface area contributed by atoms with Gasteiger partial charge < -0.3 is 4.98 Å². The number of hydrogen-bond acceptors (Lipinski definition) is 1. The highest BCUT2D eigenvalue weighted by Gasteiger charge is 2.08. The lowest BCUT2D eigenvalue weighted by Crippen LogP contribution is -1.88. The molecule has 102 valence electrons. The molecule has 4 rings (SSSR count). The zero-order chi connectivity index (χ0) is 14.4. The maximum atomic E-state index is 4.82. The Hall–Kier alpha value is -2.61. The Morgan fingerprint density at radius 3 is 2.57 bits per heavy atom. The van der Waals surface area contributed by atoms with E-state index in [1.54, 1.807) is 0 Å². The molecule has 0 fully saturated rings. The predicted octanol–water partition coefficient (Wildman–Crippen LogP) is 5.00. The number of pyridine rings is 1. The number of aryl methyl sites for hydroxylation is 2. The van der Waals surface area contributed by atoms with E-state index in [2.05, 4.69) is 67.4 Å². The van der Waals surface area contributed by atoms with E-state index in [1.165, 1.54) is 27.5 Å². The number of nitrogens with one attached hydrogen (secondary N) is 1. The van der Waals surface area contributed by atoms with Gasteiger partial charge in [-0.05, 0) is 37.6 Å². The van der Waals surface area contributed by atoms with Gasteiger partial charge >= 0.3 is 0 Å². The minimum Gasteiger partial charge on any atom is -0.339 e. The van der Waals surface area contributed by atoms with Crippen molar-refractivity contribution >= 4 is 21.9 Å². The van der Waals surface area contributed by atoms with E-state index in [9.17, 15) is 0 Å². The summed E-state index contributed by atoms with van der Waals surface area (Å²) >= 11 is 0. The van der Waals surface area contributed by atoms with Crippen molar-refractivity contribution in [3.63, 3.8) is 0 Å². The second-order valence-corrected chi connectivity index (χ2v) is 5.58. The average molecular weight is 272 g/mol. The molecule has 0 bridgehead atoms. The molecule has 0 spiro atoms. The van der Waals surface area contributed by atoms with Gasteiger partial charge in [0.15, 0.2) is 0 Å². The standard InChI is InChI=1S/C19H16N2/c1-12-7-8-14(13(2)11-12)18-10-9-16-15-5-3-4-6-17(15)20-19(16)21-18/h3-11H,1-2H3,(H,20,21). The fourth-order valence-corrected chi connectivity index (χ4v) is 2.98. The van der Waals surface area contributed by atoms with Gasteiger partial charge in [0.05, 0.1) is 5.69 Å². The lowest BCUT2D eigenvalue weighted by Gasteiger charge is -2.06. The number of aromatic nitrogens is 2. The quantitative estimate of drug-likeness (QED) is 0.519. The van der Waals surface area contributed by atoms with Crippen LogP contribution in [0.5, 0.6) is 0 Å². The molecule has 0 amide bonds. The van der Waals surface area contributed by atoms with Crippen LogP contribution in [0.25, 0.3) is 33.2 Å². The molecule has 0 saturated carbocycles. The van der Waals surface area contributed by atoms with Crippen molar-refractivity contribution in [1.82, 2.24) is 9.97 Å². The number of benzene rings is 2. The Kier molecular flexibility index (Phi) is 2.58. The molecule has 0 unspecified atom stereocenters. The van der Waals surface area contributed by atoms with E-state index < -0.39 is 0 Å². The molecule has 2 aromatic heterocycles. The van der Waals surface area contributed by atoms with Crippen LogP contribution in [-0.2, 0) is 0 Å². The van der Waals surface area contributed by atoms with E-state index in [4.69, 9.17) is 4.98 Å². The number of rotatable bonds is 1. The van der Waals surface area contributed by atoms with E-state index in [0.717, 1.165) is 16.9 Å². The first-order valence-corrected chi connectivity index (χ1v) is 7.17. The first kappa shape index (κ1) is 12.2. The van der Waals surface area contributed by atoms with Crippen LogP contribution < -0.4 is 0 Å². The van der Waals surface area contributed by atoms with Crippen LogP contribution in [0.15, 0.2) is 54.6 Å². The van der Waals surface area contributed by atoms with E-state index >= 15 is 0 Å². The zero-order valence-electron chi connectivity index (χ0n) is 12.1. The van der Waals surface area contributed by atoms with Gasteiger partial charge in [-0.25, -0.2) is 4.98 Å². The molecular weight excluding hydrogens is 256 g/mol. The summed E-state index contributed by atoms with van der Waals surface area (Å²) in [7, 11) is 0. The fraction of sp³-hybridized carbons (Fsp3) is 0.105. The van der Waals surface area contributed by atoms with Crippen molar-refractivity contribution in [2.24, 2.45) is 0 Å². The van der Waals surface area contributed by atoms with Crippen LogP contribution >= 0.6 is 0 Å². The molecule has 2 heteroatoms. The van der Waals surface area contributed by atoms with Gasteiger partial charge in [-0.1, -0.05) is 42.0 Å². The molecule has 2 nitrogen and oxygen atoms in total. The lowest BCUT2D eigenvalue weighted by atomic mass is 10.0. The van der Waals surface area contributed by atoms with Gasteiger partial charge in [0.1, 0.15) is 5.65 Å². The molecule has 0 aliphatic carbocycles. The second kappa shape index (κ2) is 4.45. The first-order valence-electron chi connectivity index (χ1n) is 7.17. The monoisotopic (exact) mass is 272 g/mol. The minimum atomic E-state index is 0.952. The second-order valence-electron chi connectivity index (χ2n) is 5.58. The Labute approximate surface area is 123 Å². The third-order valence-corrected chi connectivity index (χ3v) is 4.02. The van der Waals surface area contributed by atoms with Crippen molar-refractivity contribution in [3.8, 4) is 11.3 Å². The van der Waals surface area contributed by atoms with Gasteiger partial charge in [0.2, 0.25) is 0 Å². The van der Waals surface area contributed by atoms with Crippen molar-refractivity contribution in [2.75, 3.05) is 0 Å². The van der Waals surface area contributed by atoms with Gasteiger partial charge in [0, 0.05) is 21.9 Å². The van der Waals surface area contributed by atoms with Crippen molar-refractivity contribution in [1.29, 1.82) is 0 Å². The molecule has 2 heterocycles. The van der Waals surface area contributed by atoms with Crippen LogP contribution in [0.4, 0.5) is 0 Å². The number of fused-ring (bicyclic) bond motifs is 3. The van der Waals surface area contributed by atoms with Crippen LogP contribution in [0, 0.1) is 13.8 Å².